The molecule has 1 heterocycles. The van der Waals surface area contributed by atoms with Crippen LogP contribution in [-0.4, -0.2) is 11.5 Å². The van der Waals surface area contributed by atoms with E-state index in [0.717, 1.165) is 0 Å². The van der Waals surface area contributed by atoms with E-state index in [1.807, 2.05) is 0 Å². The molecular formula is C10H9BrFNO2. The Balaban J connectivity index is 2.51. The van der Waals surface area contributed by atoms with Crippen LogP contribution < -0.4 is 10.1 Å². The lowest BCUT2D eigenvalue weighted by Crippen LogP contribution is -2.45. The standard InChI is InChI=1S/C10H9BrFNO2/c1-10(2)9(14)13-7-4-6(12)5(11)3-8(7)15-10/h3-4H,1-2H3,(H,13,14). The van der Waals surface area contributed by atoms with Crippen molar-refractivity contribution >= 4 is 27.5 Å². The summed E-state index contributed by atoms with van der Waals surface area (Å²) >= 11 is 3.06. The summed E-state index contributed by atoms with van der Waals surface area (Å²) in [6.07, 6.45) is 0. The summed E-state index contributed by atoms with van der Waals surface area (Å²) in [6, 6.07) is 2.73. The van der Waals surface area contributed by atoms with Crippen LogP contribution in [0.1, 0.15) is 13.8 Å². The number of carbonyl (C=O) groups excluding carboxylic acids is 1. The molecule has 1 aromatic rings. The van der Waals surface area contributed by atoms with E-state index >= 15 is 0 Å². The zero-order valence-corrected chi connectivity index (χ0v) is 9.81. The van der Waals surface area contributed by atoms with Crippen LogP contribution in [0, 0.1) is 5.82 Å². The largest absolute Gasteiger partial charge is 0.476 e. The van der Waals surface area contributed by atoms with E-state index in [0.29, 0.717) is 15.9 Å². The van der Waals surface area contributed by atoms with Crippen molar-refractivity contribution in [3.05, 3.63) is 22.4 Å². The Morgan fingerprint density at radius 1 is 1.47 bits per heavy atom. The summed E-state index contributed by atoms with van der Waals surface area (Å²) in [5, 5.41) is 2.59. The van der Waals surface area contributed by atoms with Gasteiger partial charge in [0.25, 0.3) is 5.91 Å². The van der Waals surface area contributed by atoms with Gasteiger partial charge in [0.2, 0.25) is 0 Å². The minimum absolute atomic E-state index is 0.281. The van der Waals surface area contributed by atoms with Crippen molar-refractivity contribution in [1.82, 2.24) is 0 Å². The molecule has 0 spiro atoms. The van der Waals surface area contributed by atoms with Crippen molar-refractivity contribution in [3.63, 3.8) is 0 Å². The first-order valence-electron chi connectivity index (χ1n) is 4.40. The Morgan fingerprint density at radius 3 is 2.80 bits per heavy atom. The summed E-state index contributed by atoms with van der Waals surface area (Å²) in [7, 11) is 0. The normalized spacial score (nSPS) is 17.7. The number of halogens is 2. The Morgan fingerprint density at radius 2 is 2.13 bits per heavy atom. The van der Waals surface area contributed by atoms with Gasteiger partial charge in [-0.1, -0.05) is 0 Å². The molecule has 1 aliphatic rings. The highest BCUT2D eigenvalue weighted by Gasteiger charge is 2.35. The predicted octanol–water partition coefficient (Wildman–Crippen LogP) is 2.70. The summed E-state index contributed by atoms with van der Waals surface area (Å²) in [5.74, 6) is -0.248. The molecule has 0 fully saturated rings. The van der Waals surface area contributed by atoms with E-state index in [1.54, 1.807) is 13.8 Å². The average Bonchev–Trinajstić information content (AvgIpc) is 2.11. The number of nitrogens with one attached hydrogen (secondary N) is 1. The molecule has 2 rings (SSSR count). The number of rotatable bonds is 0. The lowest BCUT2D eigenvalue weighted by molar-refractivity contribution is -0.129. The molecule has 5 heteroatoms. The number of amides is 1. The molecule has 0 saturated carbocycles. The van der Waals surface area contributed by atoms with E-state index in [2.05, 4.69) is 21.2 Å². The van der Waals surface area contributed by atoms with E-state index in [4.69, 9.17) is 4.74 Å². The van der Waals surface area contributed by atoms with Crippen LogP contribution >= 0.6 is 15.9 Å². The monoisotopic (exact) mass is 273 g/mol. The van der Waals surface area contributed by atoms with Crippen molar-refractivity contribution in [3.8, 4) is 5.75 Å². The first kappa shape index (κ1) is 10.4. The Labute approximate surface area is 94.7 Å². The second-order valence-electron chi connectivity index (χ2n) is 3.83. The molecule has 0 unspecified atom stereocenters. The molecule has 1 amide bonds. The third-order valence-electron chi connectivity index (χ3n) is 2.18. The predicted molar refractivity (Wildman–Crippen MR) is 57.4 cm³/mol. The van der Waals surface area contributed by atoms with Crippen LogP contribution in [0.15, 0.2) is 16.6 Å². The fourth-order valence-electron chi connectivity index (χ4n) is 1.30. The van der Waals surface area contributed by atoms with Gasteiger partial charge in [-0.15, -0.1) is 0 Å². The molecule has 0 atom stereocenters. The highest BCUT2D eigenvalue weighted by atomic mass is 79.9. The fourth-order valence-corrected chi connectivity index (χ4v) is 1.63. The molecule has 0 aliphatic carbocycles. The molecule has 1 aromatic carbocycles. The second-order valence-corrected chi connectivity index (χ2v) is 4.68. The molecule has 0 bridgehead atoms. The van der Waals surface area contributed by atoms with Crippen LogP contribution in [0.4, 0.5) is 10.1 Å². The molecule has 80 valence electrons. The molecule has 0 aromatic heterocycles. The molecule has 3 nitrogen and oxygen atoms in total. The summed E-state index contributed by atoms with van der Waals surface area (Å²) in [6.45, 7) is 3.31. The minimum Gasteiger partial charge on any atom is -0.476 e. The van der Waals surface area contributed by atoms with Gasteiger partial charge in [-0.2, -0.15) is 0 Å². The molecule has 1 aliphatic heterocycles. The number of benzene rings is 1. The quantitative estimate of drug-likeness (QED) is 0.789. The zero-order chi connectivity index (χ0) is 11.2. The topological polar surface area (TPSA) is 38.3 Å². The number of anilines is 1. The van der Waals surface area contributed by atoms with Crippen molar-refractivity contribution < 1.29 is 13.9 Å². The number of hydrogen-bond donors (Lipinski definition) is 1. The molecular weight excluding hydrogens is 265 g/mol. The lowest BCUT2D eigenvalue weighted by atomic mass is 10.1. The number of fused-ring (bicyclic) bond motifs is 1. The van der Waals surface area contributed by atoms with E-state index in [9.17, 15) is 9.18 Å². The van der Waals surface area contributed by atoms with Crippen molar-refractivity contribution in [2.24, 2.45) is 0 Å². The lowest BCUT2D eigenvalue weighted by Gasteiger charge is -2.31. The van der Waals surface area contributed by atoms with Gasteiger partial charge in [-0.25, -0.2) is 4.39 Å². The van der Waals surface area contributed by atoms with Gasteiger partial charge in [0.15, 0.2) is 5.60 Å². The van der Waals surface area contributed by atoms with E-state index in [1.165, 1.54) is 12.1 Å². The van der Waals surface area contributed by atoms with Gasteiger partial charge in [0, 0.05) is 6.07 Å². The molecule has 1 N–H and O–H groups in total. The number of carbonyl (C=O) groups is 1. The van der Waals surface area contributed by atoms with Gasteiger partial charge in [-0.3, -0.25) is 4.79 Å². The average molecular weight is 274 g/mol. The van der Waals surface area contributed by atoms with Crippen molar-refractivity contribution in [2.45, 2.75) is 19.4 Å². The van der Waals surface area contributed by atoms with Crippen LogP contribution in [0.2, 0.25) is 0 Å². The number of hydrogen-bond acceptors (Lipinski definition) is 2. The molecule has 0 radical (unpaired) electrons. The van der Waals surface area contributed by atoms with Gasteiger partial charge in [0.1, 0.15) is 11.6 Å². The Kier molecular flexibility index (Phi) is 2.22. The van der Waals surface area contributed by atoms with Gasteiger partial charge in [-0.05, 0) is 35.8 Å². The maximum Gasteiger partial charge on any atom is 0.268 e. The highest BCUT2D eigenvalue weighted by Crippen LogP contribution is 2.36. The van der Waals surface area contributed by atoms with Crippen molar-refractivity contribution in [1.29, 1.82) is 0 Å². The third-order valence-corrected chi connectivity index (χ3v) is 2.79. The Hall–Kier alpha value is -1.10. The maximum atomic E-state index is 13.2. The SMILES string of the molecule is CC1(C)Oc2cc(Br)c(F)cc2NC1=O. The molecule has 0 saturated heterocycles. The van der Waals surface area contributed by atoms with Gasteiger partial charge >= 0.3 is 0 Å². The van der Waals surface area contributed by atoms with Gasteiger partial charge in [0.05, 0.1) is 10.2 Å². The fraction of sp³-hybridized carbons (Fsp3) is 0.300. The van der Waals surface area contributed by atoms with Crippen LogP contribution in [0.25, 0.3) is 0 Å². The highest BCUT2D eigenvalue weighted by molar-refractivity contribution is 9.10. The first-order valence-corrected chi connectivity index (χ1v) is 5.19. The van der Waals surface area contributed by atoms with Crippen LogP contribution in [-0.2, 0) is 4.79 Å². The zero-order valence-electron chi connectivity index (χ0n) is 8.23. The first-order chi connectivity index (χ1) is 6.90. The summed E-state index contributed by atoms with van der Waals surface area (Å²) in [4.78, 5) is 11.5. The third kappa shape index (κ3) is 1.71. The second kappa shape index (κ2) is 3.20. The van der Waals surface area contributed by atoms with Gasteiger partial charge < -0.3 is 10.1 Å². The Bertz CT molecular complexity index is 445. The summed E-state index contributed by atoms with van der Waals surface area (Å²) in [5.41, 5.74) is -0.565. The van der Waals surface area contributed by atoms with Crippen molar-refractivity contribution in [2.75, 3.05) is 5.32 Å². The summed E-state index contributed by atoms with van der Waals surface area (Å²) < 4.78 is 18.9. The molecule has 15 heavy (non-hydrogen) atoms. The number of ether oxygens (including phenoxy) is 1. The van der Waals surface area contributed by atoms with E-state index < -0.39 is 11.4 Å². The van der Waals surface area contributed by atoms with Crippen LogP contribution in [0.3, 0.4) is 0 Å². The smallest absolute Gasteiger partial charge is 0.268 e. The van der Waals surface area contributed by atoms with Crippen LogP contribution in [0.5, 0.6) is 5.75 Å². The minimum atomic E-state index is -0.926. The maximum absolute atomic E-state index is 13.2. The van der Waals surface area contributed by atoms with E-state index in [-0.39, 0.29) is 5.91 Å².